The minimum atomic E-state index is -1.15. The highest BCUT2D eigenvalue weighted by molar-refractivity contribution is 14.1. The Morgan fingerprint density at radius 1 is 0.875 bits per heavy atom. The Balaban J connectivity index is 3.67. The number of carbonyl (C=O) groups is 3. The van der Waals surface area contributed by atoms with E-state index in [1.54, 1.807) is 0 Å². The van der Waals surface area contributed by atoms with Crippen molar-refractivity contribution in [3.8, 4) is 0 Å². The van der Waals surface area contributed by atoms with Crippen molar-refractivity contribution in [2.24, 2.45) is 5.73 Å². The van der Waals surface area contributed by atoms with E-state index in [0.717, 1.165) is 0 Å². The number of amides is 3. The molecule has 11 nitrogen and oxygen atoms in total. The topological polar surface area (TPSA) is 177 Å². The number of nitrogens with two attached hydrogens (primary N) is 1. The maximum absolute atomic E-state index is 13.2. The number of hydrogen-bond donors (Lipinski definition) is 6. The molecule has 0 heterocycles. The normalized spacial score (nSPS) is 12.8. The van der Waals surface area contributed by atoms with Crippen LogP contribution >= 0.6 is 67.8 Å². The van der Waals surface area contributed by atoms with Gasteiger partial charge in [0.1, 0.15) is 0 Å². The lowest BCUT2D eigenvalue weighted by Gasteiger charge is -2.26. The van der Waals surface area contributed by atoms with Crippen molar-refractivity contribution in [2.45, 2.75) is 12.2 Å². The van der Waals surface area contributed by atoms with Gasteiger partial charge in [0.05, 0.1) is 55.9 Å². The summed E-state index contributed by atoms with van der Waals surface area (Å²) in [6.45, 7) is -1.67. The van der Waals surface area contributed by atoms with Gasteiger partial charge in [-0.1, -0.05) is 0 Å². The van der Waals surface area contributed by atoms with E-state index in [1.165, 1.54) is 23.9 Å². The molecule has 1 aromatic rings. The summed E-state index contributed by atoms with van der Waals surface area (Å²) >= 11 is 5.66. The van der Waals surface area contributed by atoms with Crippen LogP contribution in [0, 0.1) is 10.7 Å². The molecule has 0 aliphatic rings. The van der Waals surface area contributed by atoms with Crippen molar-refractivity contribution in [3.05, 3.63) is 21.8 Å². The van der Waals surface area contributed by atoms with E-state index in [2.05, 4.69) is 5.32 Å². The summed E-state index contributed by atoms with van der Waals surface area (Å²) in [4.78, 5) is 40.8. The molecule has 0 spiro atoms. The summed E-state index contributed by atoms with van der Waals surface area (Å²) in [5.74, 6) is -1.58. The van der Waals surface area contributed by atoms with Gasteiger partial charge in [-0.15, -0.1) is 0 Å². The number of benzene rings is 1. The molecular weight excluding hydrogens is 765 g/mol. The third kappa shape index (κ3) is 7.31. The fraction of sp³-hybridized carbons (Fsp3) is 0.500. The van der Waals surface area contributed by atoms with Gasteiger partial charge in [-0.2, -0.15) is 0 Å². The molecule has 1 rings (SSSR count). The van der Waals surface area contributed by atoms with E-state index in [0.29, 0.717) is 10.7 Å². The Morgan fingerprint density at radius 3 is 1.56 bits per heavy atom. The maximum atomic E-state index is 13.2. The molecule has 3 amide bonds. The Kier molecular flexibility index (Phi) is 12.5. The average Bonchev–Trinajstić information content (AvgIpc) is 2.75. The number of likely N-dealkylation sites (N-methyl/N-ethyl adjacent to an activating group) is 2. The lowest BCUT2D eigenvalue weighted by Crippen LogP contribution is -2.39. The molecular formula is C18H25I3N4O7. The number of aliphatic hydroxyl groups is 4. The fourth-order valence-corrected chi connectivity index (χ4v) is 6.99. The van der Waals surface area contributed by atoms with Crippen molar-refractivity contribution in [1.29, 1.82) is 0 Å². The first-order valence-corrected chi connectivity index (χ1v) is 12.4. The van der Waals surface area contributed by atoms with Gasteiger partial charge in [-0.25, -0.2) is 0 Å². The lowest BCUT2D eigenvalue weighted by molar-refractivity contribution is -0.114. The maximum Gasteiger partial charge on any atom is 0.255 e. The van der Waals surface area contributed by atoms with Gasteiger partial charge in [0.2, 0.25) is 5.91 Å². The molecule has 1 aromatic carbocycles. The minimum absolute atomic E-state index is 0.131. The number of hydrogen-bond acceptors (Lipinski definition) is 8. The quantitative estimate of drug-likeness (QED) is 0.168. The van der Waals surface area contributed by atoms with Crippen LogP contribution in [0.2, 0.25) is 0 Å². The zero-order valence-electron chi connectivity index (χ0n) is 17.3. The molecule has 0 saturated carbocycles. The van der Waals surface area contributed by atoms with Crippen LogP contribution in [0.25, 0.3) is 0 Å². The number of nitrogens with one attached hydrogen (secondary N) is 1. The predicted octanol–water partition coefficient (Wildman–Crippen LogP) is -0.752. The molecule has 0 aliphatic heterocycles. The summed E-state index contributed by atoms with van der Waals surface area (Å²) in [5.41, 5.74) is 5.91. The van der Waals surface area contributed by atoms with Crippen molar-refractivity contribution >= 4 is 91.2 Å². The number of anilines is 1. The van der Waals surface area contributed by atoms with E-state index < -0.39 is 43.1 Å². The number of nitrogens with zero attached hydrogens (tertiary/aromatic N) is 2. The second kappa shape index (κ2) is 13.5. The molecule has 2 atom stereocenters. The first-order valence-electron chi connectivity index (χ1n) is 9.20. The summed E-state index contributed by atoms with van der Waals surface area (Å²) in [7, 11) is 2.88. The first kappa shape index (κ1) is 29.7. The second-order valence-electron chi connectivity index (χ2n) is 6.86. The van der Waals surface area contributed by atoms with Crippen LogP contribution in [0.15, 0.2) is 0 Å². The minimum Gasteiger partial charge on any atom is -0.394 e. The van der Waals surface area contributed by atoms with E-state index in [4.69, 9.17) is 15.9 Å². The van der Waals surface area contributed by atoms with E-state index in [9.17, 15) is 24.6 Å². The van der Waals surface area contributed by atoms with Crippen LogP contribution in [0.1, 0.15) is 20.7 Å². The highest BCUT2D eigenvalue weighted by atomic mass is 127. The van der Waals surface area contributed by atoms with Crippen LogP contribution in [0.3, 0.4) is 0 Å². The zero-order valence-corrected chi connectivity index (χ0v) is 23.8. The van der Waals surface area contributed by atoms with Gasteiger partial charge >= 0.3 is 0 Å². The van der Waals surface area contributed by atoms with Gasteiger partial charge < -0.3 is 41.3 Å². The highest BCUT2D eigenvalue weighted by Crippen LogP contribution is 2.37. The summed E-state index contributed by atoms with van der Waals surface area (Å²) in [6, 6.07) is 0. The zero-order chi connectivity index (χ0) is 24.7. The SMILES string of the molecule is CN(CC(O)CO)C(=O)c1c(I)c(NC(=O)CN)c(I)c(C(=O)N(C)CC(O)CO)c1I. The average molecular weight is 790 g/mol. The molecule has 2 unspecified atom stereocenters. The Bertz CT molecular complexity index is 814. The molecule has 0 bridgehead atoms. The lowest BCUT2D eigenvalue weighted by atomic mass is 10.1. The summed E-state index contributed by atoms with van der Waals surface area (Å²) < 4.78 is 1.07. The Labute approximate surface area is 226 Å². The standard InChI is InChI=1S/C18H25I3N4O7/c1-24(4-8(28)6-26)17(31)11-13(19)12(18(32)25(2)5-9(29)7-27)15(21)16(14(11)20)23-10(30)3-22/h8-9,26-29H,3-7,22H2,1-2H3,(H,23,30). The molecule has 180 valence electrons. The van der Waals surface area contributed by atoms with Gasteiger partial charge in [0.25, 0.3) is 11.8 Å². The molecule has 32 heavy (non-hydrogen) atoms. The van der Waals surface area contributed by atoms with Gasteiger partial charge in [-0.05, 0) is 67.8 Å². The van der Waals surface area contributed by atoms with Gasteiger partial charge in [0, 0.05) is 30.8 Å². The third-order valence-electron chi connectivity index (χ3n) is 4.28. The molecule has 0 fully saturated rings. The van der Waals surface area contributed by atoms with Crippen LogP contribution in [0.4, 0.5) is 5.69 Å². The smallest absolute Gasteiger partial charge is 0.255 e. The van der Waals surface area contributed by atoms with Crippen molar-refractivity contribution in [1.82, 2.24) is 9.80 Å². The molecule has 0 saturated heterocycles. The molecule has 7 N–H and O–H groups in total. The largest absolute Gasteiger partial charge is 0.394 e. The van der Waals surface area contributed by atoms with Crippen molar-refractivity contribution < 1.29 is 34.8 Å². The Morgan fingerprint density at radius 2 is 1.25 bits per heavy atom. The summed E-state index contributed by atoms with van der Waals surface area (Å²) in [6.07, 6.45) is -2.29. The van der Waals surface area contributed by atoms with Gasteiger partial charge in [-0.3, -0.25) is 14.4 Å². The van der Waals surface area contributed by atoms with Crippen LogP contribution in [-0.4, -0.2) is 107 Å². The predicted molar refractivity (Wildman–Crippen MR) is 142 cm³/mol. The van der Waals surface area contributed by atoms with E-state index in [1.807, 2.05) is 67.8 Å². The number of halogens is 3. The highest BCUT2D eigenvalue weighted by Gasteiger charge is 2.31. The second-order valence-corrected chi connectivity index (χ2v) is 10.1. The fourth-order valence-electron chi connectivity index (χ4n) is 2.64. The van der Waals surface area contributed by atoms with Gasteiger partial charge in [0.15, 0.2) is 0 Å². The molecule has 0 radical (unpaired) electrons. The first-order chi connectivity index (χ1) is 14.9. The third-order valence-corrected chi connectivity index (χ3v) is 7.51. The number of rotatable bonds is 10. The van der Waals surface area contributed by atoms with Crippen LogP contribution in [-0.2, 0) is 4.79 Å². The van der Waals surface area contributed by atoms with Crippen molar-refractivity contribution in [2.75, 3.05) is 52.3 Å². The van der Waals surface area contributed by atoms with Crippen LogP contribution in [0.5, 0.6) is 0 Å². The molecule has 0 aliphatic carbocycles. The summed E-state index contributed by atoms with van der Waals surface area (Å²) in [5, 5.41) is 40.2. The monoisotopic (exact) mass is 790 g/mol. The van der Waals surface area contributed by atoms with E-state index in [-0.39, 0.29) is 36.4 Å². The number of carbonyl (C=O) groups excluding carboxylic acids is 3. The van der Waals surface area contributed by atoms with Crippen molar-refractivity contribution in [3.63, 3.8) is 0 Å². The molecule has 14 heteroatoms. The Hall–Kier alpha value is -0.380. The molecule has 0 aromatic heterocycles. The number of aliphatic hydroxyl groups excluding tert-OH is 4. The van der Waals surface area contributed by atoms with Crippen LogP contribution < -0.4 is 11.1 Å². The van der Waals surface area contributed by atoms with E-state index >= 15 is 0 Å².